The lowest BCUT2D eigenvalue weighted by atomic mass is 9.80. The van der Waals surface area contributed by atoms with Crippen LogP contribution in [0.15, 0.2) is 102 Å². The Morgan fingerprint density at radius 1 is 0.935 bits per heavy atom. The van der Waals surface area contributed by atoms with E-state index in [1.165, 1.54) is 0 Å². The Labute approximate surface area is 275 Å². The molecule has 13 heteroatoms. The second kappa shape index (κ2) is 14.5. The minimum absolute atomic E-state index is 0.0146. The average molecular weight is 665 g/mol. The number of carboxylic acids is 1. The zero-order valence-corrected chi connectivity index (χ0v) is 26.5. The normalized spacial score (nSPS) is 15.3. The quantitative estimate of drug-likeness (QED) is 0.148. The van der Waals surface area contributed by atoms with Crippen LogP contribution in [0, 0.1) is 0 Å². The van der Waals surface area contributed by atoms with Gasteiger partial charge in [0.05, 0.1) is 52.2 Å². The third kappa shape index (κ3) is 7.32. The predicted molar refractivity (Wildman–Crippen MR) is 170 cm³/mol. The minimum atomic E-state index is -1.22. The van der Waals surface area contributed by atoms with E-state index in [4.69, 9.17) is 32.7 Å². The van der Waals surface area contributed by atoms with E-state index in [1.807, 2.05) is 39.6 Å². The molecule has 0 spiro atoms. The van der Waals surface area contributed by atoms with Crippen molar-refractivity contribution in [2.75, 3.05) is 13.2 Å². The molecule has 0 fully saturated rings. The first-order valence-electron chi connectivity index (χ1n) is 14.3. The van der Waals surface area contributed by atoms with Gasteiger partial charge in [0.1, 0.15) is 13.2 Å². The first-order valence-corrected chi connectivity index (χ1v) is 15.1. The first-order chi connectivity index (χ1) is 22.1. The topological polar surface area (TPSA) is 138 Å². The number of hydrogen-bond donors (Lipinski definition) is 2. The lowest BCUT2D eigenvalue weighted by Crippen LogP contribution is -2.32. The summed E-state index contributed by atoms with van der Waals surface area (Å²) in [4.78, 5) is 46.8. The van der Waals surface area contributed by atoms with E-state index in [9.17, 15) is 19.5 Å². The molecular formula is C33H31Cl2N5O6. The van der Waals surface area contributed by atoms with Crippen LogP contribution >= 0.6 is 23.2 Å². The molecule has 11 nitrogen and oxygen atoms in total. The summed E-state index contributed by atoms with van der Waals surface area (Å²) in [6.45, 7) is 3.47. The number of allylic oxidation sites excluding steroid dienone is 2. The zero-order valence-electron chi connectivity index (χ0n) is 25.0. The van der Waals surface area contributed by atoms with E-state index in [1.54, 1.807) is 63.3 Å². The van der Waals surface area contributed by atoms with Crippen LogP contribution < -0.4 is 5.32 Å². The Bertz CT molecular complexity index is 1780. The number of aromatic nitrogens is 4. The summed E-state index contributed by atoms with van der Waals surface area (Å²) in [5.74, 6) is -3.54. The molecule has 0 bridgehead atoms. The largest absolute Gasteiger partial charge is 0.478 e. The van der Waals surface area contributed by atoms with Gasteiger partial charge in [-0.1, -0.05) is 59.6 Å². The van der Waals surface area contributed by atoms with Gasteiger partial charge in [0.2, 0.25) is 0 Å². The number of rotatable bonds is 12. The van der Waals surface area contributed by atoms with Gasteiger partial charge in [-0.2, -0.15) is 0 Å². The molecule has 5 rings (SSSR count). The summed E-state index contributed by atoms with van der Waals surface area (Å²) in [6.07, 6.45) is 10.4. The highest BCUT2D eigenvalue weighted by molar-refractivity contribution is 6.42. The molecule has 2 atom stereocenters. The lowest BCUT2D eigenvalue weighted by molar-refractivity contribution is -0.150. The maximum atomic E-state index is 13.4. The number of nitrogens with one attached hydrogen (secondary N) is 1. The molecule has 2 aromatic carbocycles. The summed E-state index contributed by atoms with van der Waals surface area (Å²) < 4.78 is 14.7. The van der Waals surface area contributed by atoms with Crippen molar-refractivity contribution in [3.8, 4) is 0 Å². The van der Waals surface area contributed by atoms with Gasteiger partial charge in [0.25, 0.3) is 0 Å². The van der Waals surface area contributed by atoms with Crippen molar-refractivity contribution in [3.63, 3.8) is 0 Å². The fourth-order valence-electron chi connectivity index (χ4n) is 5.47. The number of carbonyl (C=O) groups is 3. The van der Waals surface area contributed by atoms with Crippen molar-refractivity contribution in [1.82, 2.24) is 24.4 Å². The predicted octanol–water partition coefficient (Wildman–Crippen LogP) is 5.52. The molecule has 0 aliphatic carbocycles. The third-order valence-electron chi connectivity index (χ3n) is 7.62. The molecule has 0 amide bonds. The number of imidazole rings is 2. The van der Waals surface area contributed by atoms with Crippen LogP contribution in [-0.2, 0) is 30.4 Å². The van der Waals surface area contributed by atoms with Gasteiger partial charge in [-0.25, -0.2) is 19.6 Å². The maximum absolute atomic E-state index is 13.4. The minimum Gasteiger partial charge on any atom is -0.478 e. The van der Waals surface area contributed by atoms with Gasteiger partial charge in [-0.15, -0.1) is 0 Å². The van der Waals surface area contributed by atoms with Crippen molar-refractivity contribution in [2.45, 2.75) is 38.8 Å². The Morgan fingerprint density at radius 2 is 1.63 bits per heavy atom. The molecular weight excluding hydrogens is 633 g/mol. The zero-order chi connectivity index (χ0) is 32.8. The first kappa shape index (κ1) is 32.5. The van der Waals surface area contributed by atoms with Crippen molar-refractivity contribution in [2.24, 2.45) is 0 Å². The highest BCUT2D eigenvalue weighted by atomic mass is 35.5. The number of nitrogens with zero attached hydrogens (tertiary/aromatic N) is 4. The van der Waals surface area contributed by atoms with Gasteiger partial charge in [-0.05, 0) is 36.6 Å². The van der Waals surface area contributed by atoms with E-state index in [2.05, 4.69) is 15.3 Å². The standard InChI is InChI=1S/C33H31Cl2N5O6/c1-20-28(32(42)43)30(24-4-3-5-25(34)31(24)35)29(21(2)38-20)33(44)46-15-14-45-27(41)16-26(40-13-11-37-19-40)23-8-6-22(7-9-23)17-39-12-10-36-18-39/h3-13,18-19,26,30,38H,14-17H2,1-2H3,(H,42,43). The molecule has 2 unspecified atom stereocenters. The number of carbonyl (C=O) groups excluding carboxylic acids is 2. The van der Waals surface area contributed by atoms with Gasteiger partial charge in [0.15, 0.2) is 0 Å². The summed E-state index contributed by atoms with van der Waals surface area (Å²) in [7, 11) is 0. The van der Waals surface area contributed by atoms with Crippen molar-refractivity contribution in [1.29, 1.82) is 0 Å². The fourth-order valence-corrected chi connectivity index (χ4v) is 5.89. The Morgan fingerprint density at radius 3 is 2.30 bits per heavy atom. The van der Waals surface area contributed by atoms with Crippen LogP contribution in [0.1, 0.15) is 48.9 Å². The maximum Gasteiger partial charge on any atom is 0.336 e. The van der Waals surface area contributed by atoms with E-state index in [0.29, 0.717) is 23.5 Å². The molecule has 4 aromatic rings. The second-order valence-electron chi connectivity index (χ2n) is 10.6. The van der Waals surface area contributed by atoms with Crippen LogP contribution in [-0.4, -0.2) is 55.3 Å². The number of dihydropyridines is 1. The number of carboxylic acid groups (broad SMARTS) is 1. The SMILES string of the molecule is CC1=C(C(=O)O)C(c2cccc(Cl)c2Cl)C(C(=O)OCCOC(=O)CC(c2ccc(Cn3ccnc3)cc2)n2ccnc2)=C(C)N1. The average Bonchev–Trinajstić information content (AvgIpc) is 3.74. The van der Waals surface area contributed by atoms with Crippen molar-refractivity contribution < 1.29 is 29.0 Å². The Hall–Kier alpha value is -4.87. The third-order valence-corrected chi connectivity index (χ3v) is 8.45. The molecule has 238 valence electrons. The Kier molecular flexibility index (Phi) is 10.2. The fraction of sp³-hybridized carbons (Fsp3) is 0.242. The van der Waals surface area contributed by atoms with Crippen LogP contribution in [0.2, 0.25) is 10.0 Å². The van der Waals surface area contributed by atoms with E-state index in [-0.39, 0.29) is 46.9 Å². The number of hydrogen-bond acceptors (Lipinski definition) is 8. The number of aliphatic carboxylic acids is 1. The summed E-state index contributed by atoms with van der Waals surface area (Å²) in [5.41, 5.74) is 3.09. The Balaban J connectivity index is 1.23. The van der Waals surface area contributed by atoms with Crippen LogP contribution in [0.25, 0.3) is 0 Å². The number of ether oxygens (including phenoxy) is 2. The summed E-state index contributed by atoms with van der Waals surface area (Å²) in [5, 5.41) is 13.3. The number of benzene rings is 2. The molecule has 1 aliphatic rings. The van der Waals surface area contributed by atoms with Crippen molar-refractivity contribution in [3.05, 3.63) is 129 Å². The second-order valence-corrected chi connectivity index (χ2v) is 11.4. The van der Waals surface area contributed by atoms with Crippen LogP contribution in [0.5, 0.6) is 0 Å². The highest BCUT2D eigenvalue weighted by Gasteiger charge is 2.38. The smallest absolute Gasteiger partial charge is 0.336 e. The lowest BCUT2D eigenvalue weighted by Gasteiger charge is -2.30. The van der Waals surface area contributed by atoms with Crippen LogP contribution in [0.4, 0.5) is 0 Å². The monoisotopic (exact) mass is 663 g/mol. The molecule has 1 aliphatic heterocycles. The number of halogens is 2. The summed E-state index contributed by atoms with van der Waals surface area (Å²) in [6, 6.07) is 12.4. The number of esters is 2. The molecule has 0 saturated carbocycles. The van der Waals surface area contributed by atoms with Gasteiger partial charge in [-0.3, -0.25) is 4.79 Å². The van der Waals surface area contributed by atoms with Gasteiger partial charge >= 0.3 is 17.9 Å². The van der Waals surface area contributed by atoms with Crippen molar-refractivity contribution >= 4 is 41.1 Å². The van der Waals surface area contributed by atoms with E-state index in [0.717, 1.165) is 11.1 Å². The molecule has 46 heavy (non-hydrogen) atoms. The highest BCUT2D eigenvalue weighted by Crippen LogP contribution is 2.43. The molecule has 2 N–H and O–H groups in total. The summed E-state index contributed by atoms with van der Waals surface area (Å²) >= 11 is 12.7. The van der Waals surface area contributed by atoms with Crippen LogP contribution in [0.3, 0.4) is 0 Å². The van der Waals surface area contributed by atoms with E-state index >= 15 is 0 Å². The van der Waals surface area contributed by atoms with Gasteiger partial charge in [0, 0.05) is 42.7 Å². The van der Waals surface area contributed by atoms with E-state index < -0.39 is 23.8 Å². The molecule has 2 aromatic heterocycles. The molecule has 0 saturated heterocycles. The molecule has 3 heterocycles. The van der Waals surface area contributed by atoms with Gasteiger partial charge < -0.3 is 29.0 Å². The molecule has 0 radical (unpaired) electrons.